The molecular weight excluding hydrogens is 672 g/mol. The number of piperazine rings is 1. The standard InChI is InChI=1S/C33H37BrN6O7/c34-26-20-23(6-7-28(26)41)21-29(31(44)35-11-3-12-37-16-18-38(19-17-37)22-30(42)43)47-33(46)39-13-9-25(10-14-39)40-15-8-24-4-1-2-5-27(24)36-32(40)45/h1-2,4-7,12,20,25,29,41H,8-10,13-19,21-22H2,(H,36,45)(H,42,43)/t29-/m1/s1. The number of aliphatic carboxylic acids is 1. The number of carbonyl (C=O) groups is 4. The second-order valence-electron chi connectivity index (χ2n) is 11.7. The Kier molecular flexibility index (Phi) is 11.3. The largest absolute Gasteiger partial charge is 0.507 e. The van der Waals surface area contributed by atoms with Gasteiger partial charge in [0.1, 0.15) is 5.75 Å². The zero-order chi connectivity index (χ0) is 33.3. The van der Waals surface area contributed by atoms with Crippen molar-refractivity contribution in [3.8, 4) is 5.75 Å². The number of aliphatic imine (C=N–C) groups is 1. The van der Waals surface area contributed by atoms with Crippen LogP contribution >= 0.6 is 15.9 Å². The molecule has 2 aromatic carbocycles. The number of halogens is 1. The Labute approximate surface area is 280 Å². The minimum absolute atomic E-state index is 0.01000. The highest BCUT2D eigenvalue weighted by atomic mass is 79.9. The minimum Gasteiger partial charge on any atom is -0.507 e. The number of carboxylic acid groups (broad SMARTS) is 1. The summed E-state index contributed by atoms with van der Waals surface area (Å²) in [6.45, 7) is 3.64. The van der Waals surface area contributed by atoms with Crippen molar-refractivity contribution in [1.29, 1.82) is 0 Å². The summed E-state index contributed by atoms with van der Waals surface area (Å²) in [6.07, 6.45) is 1.61. The van der Waals surface area contributed by atoms with Gasteiger partial charge in [0.25, 0.3) is 5.91 Å². The molecule has 3 aliphatic heterocycles. The van der Waals surface area contributed by atoms with Crippen molar-refractivity contribution < 1.29 is 34.1 Å². The number of hydrogen-bond donors (Lipinski definition) is 3. The molecule has 4 amide bonds. The van der Waals surface area contributed by atoms with Crippen LogP contribution in [0.15, 0.2) is 63.9 Å². The van der Waals surface area contributed by atoms with E-state index in [2.05, 4.69) is 37.8 Å². The molecule has 3 N–H and O–H groups in total. The summed E-state index contributed by atoms with van der Waals surface area (Å²) in [5.74, 6) is 0.947. The van der Waals surface area contributed by atoms with Gasteiger partial charge in [-0.2, -0.15) is 4.99 Å². The van der Waals surface area contributed by atoms with Crippen LogP contribution in [-0.2, 0) is 27.2 Å². The molecular formula is C33H37BrN6O7. The van der Waals surface area contributed by atoms with Gasteiger partial charge in [-0.25, -0.2) is 9.59 Å². The van der Waals surface area contributed by atoms with Gasteiger partial charge in [-0.3, -0.25) is 14.5 Å². The number of nitrogens with zero attached hydrogens (tertiary/aromatic N) is 5. The number of hydrogen-bond acceptors (Lipinski definition) is 8. The first kappa shape index (κ1) is 33.7. The minimum atomic E-state index is -1.25. The third-order valence-corrected chi connectivity index (χ3v) is 9.14. The summed E-state index contributed by atoms with van der Waals surface area (Å²) in [5.41, 5.74) is 5.29. The van der Waals surface area contributed by atoms with E-state index in [-0.39, 0.29) is 30.8 Å². The van der Waals surface area contributed by atoms with Crippen molar-refractivity contribution in [2.75, 3.05) is 57.7 Å². The Morgan fingerprint density at radius 3 is 2.53 bits per heavy atom. The zero-order valence-corrected chi connectivity index (χ0v) is 27.4. The van der Waals surface area contributed by atoms with Crippen LogP contribution in [0.25, 0.3) is 0 Å². The molecule has 3 heterocycles. The maximum Gasteiger partial charge on any atom is 0.410 e. The lowest BCUT2D eigenvalue weighted by atomic mass is 10.0. The summed E-state index contributed by atoms with van der Waals surface area (Å²) >= 11 is 3.28. The van der Waals surface area contributed by atoms with E-state index in [1.54, 1.807) is 18.3 Å². The number of phenolic OH excluding ortho intramolecular Hbond substituents is 1. The molecule has 0 aliphatic carbocycles. The molecule has 2 aromatic rings. The highest BCUT2D eigenvalue weighted by Crippen LogP contribution is 2.27. The van der Waals surface area contributed by atoms with Gasteiger partial charge in [0, 0.05) is 69.8 Å². The fourth-order valence-corrected chi connectivity index (χ4v) is 6.31. The van der Waals surface area contributed by atoms with Crippen molar-refractivity contribution in [3.63, 3.8) is 0 Å². The first-order valence-corrected chi connectivity index (χ1v) is 16.3. The van der Waals surface area contributed by atoms with Gasteiger partial charge < -0.3 is 35.0 Å². The Bertz CT molecular complexity index is 1590. The molecule has 0 radical (unpaired) electrons. The van der Waals surface area contributed by atoms with Crippen LogP contribution in [0, 0.1) is 0 Å². The first-order chi connectivity index (χ1) is 22.7. The molecule has 248 valence electrons. The number of aromatic hydroxyl groups is 1. The number of carbonyl (C=O) groups excluding carboxylic acids is 3. The van der Waals surface area contributed by atoms with Gasteiger partial charge >= 0.3 is 18.1 Å². The number of phenols is 1. The lowest BCUT2D eigenvalue weighted by Gasteiger charge is -2.37. The molecule has 3 aliphatic rings. The average molecular weight is 710 g/mol. The predicted molar refractivity (Wildman–Crippen MR) is 176 cm³/mol. The fraction of sp³-hybridized carbons (Fsp3) is 0.424. The number of amides is 4. The van der Waals surface area contributed by atoms with Gasteiger partial charge in [-0.15, -0.1) is 0 Å². The van der Waals surface area contributed by atoms with Crippen LogP contribution in [0.2, 0.25) is 0 Å². The molecule has 5 rings (SSSR count). The number of fused-ring (bicyclic) bond motifs is 1. The maximum atomic E-state index is 13.3. The monoisotopic (exact) mass is 708 g/mol. The highest BCUT2D eigenvalue weighted by Gasteiger charge is 2.33. The Hall–Kier alpha value is -4.61. The van der Waals surface area contributed by atoms with Gasteiger partial charge in [0.2, 0.25) is 0 Å². The number of piperidine rings is 1. The fourth-order valence-electron chi connectivity index (χ4n) is 5.89. The van der Waals surface area contributed by atoms with E-state index in [1.807, 2.05) is 39.0 Å². The van der Waals surface area contributed by atoms with Crippen LogP contribution in [0.1, 0.15) is 24.0 Å². The molecule has 47 heavy (non-hydrogen) atoms. The number of urea groups is 1. The van der Waals surface area contributed by atoms with Crippen LogP contribution < -0.4 is 5.32 Å². The average Bonchev–Trinajstić information content (AvgIpc) is 3.23. The second kappa shape index (κ2) is 15.8. The van der Waals surface area contributed by atoms with Crippen molar-refractivity contribution in [2.45, 2.75) is 37.8 Å². The smallest absolute Gasteiger partial charge is 0.410 e. The van der Waals surface area contributed by atoms with Crippen LogP contribution in [0.4, 0.5) is 15.3 Å². The van der Waals surface area contributed by atoms with Crippen LogP contribution in [0.5, 0.6) is 5.75 Å². The van der Waals surface area contributed by atoms with Crippen molar-refractivity contribution in [3.05, 3.63) is 70.0 Å². The number of nitrogens with one attached hydrogen (secondary N) is 1. The van der Waals surface area contributed by atoms with Crippen molar-refractivity contribution in [1.82, 2.24) is 19.6 Å². The summed E-state index contributed by atoms with van der Waals surface area (Å²) in [4.78, 5) is 61.3. The van der Waals surface area contributed by atoms with E-state index in [0.29, 0.717) is 68.7 Å². The number of ether oxygens (including phenoxy) is 1. The summed E-state index contributed by atoms with van der Waals surface area (Å²) in [6, 6.07) is 12.3. The summed E-state index contributed by atoms with van der Waals surface area (Å²) in [7, 11) is 0. The van der Waals surface area contributed by atoms with E-state index in [0.717, 1.165) is 17.7 Å². The molecule has 2 fully saturated rings. The predicted octanol–water partition coefficient (Wildman–Crippen LogP) is 3.32. The molecule has 0 saturated carbocycles. The van der Waals surface area contributed by atoms with Crippen molar-refractivity contribution in [2.24, 2.45) is 4.99 Å². The van der Waals surface area contributed by atoms with Gasteiger partial charge in [0.05, 0.1) is 17.2 Å². The third kappa shape index (κ3) is 9.24. The number of rotatable bonds is 8. The van der Waals surface area contributed by atoms with Crippen molar-refractivity contribution >= 4 is 51.5 Å². The Morgan fingerprint density at radius 2 is 1.81 bits per heavy atom. The maximum absolute atomic E-state index is 13.3. The third-order valence-electron chi connectivity index (χ3n) is 8.50. The SMILES string of the molecule is O=C(O)CN1CCN(C=C=C=NC(=O)[C@@H](Cc2ccc(O)c(Br)c2)OC(=O)N2CCC(N3CCc4ccccc4NC3=O)CC2)CC1. The normalized spacial score (nSPS) is 17.7. The number of benzene rings is 2. The number of likely N-dealkylation sites (tertiary alicyclic amines) is 1. The Balaban J connectivity index is 1.20. The van der Waals surface area contributed by atoms with E-state index in [4.69, 9.17) is 9.84 Å². The molecule has 1 atom stereocenters. The number of carboxylic acids is 1. The zero-order valence-electron chi connectivity index (χ0n) is 25.8. The van der Waals surface area contributed by atoms with E-state index >= 15 is 0 Å². The molecule has 14 heteroatoms. The highest BCUT2D eigenvalue weighted by molar-refractivity contribution is 9.10. The molecule has 2 saturated heterocycles. The lowest BCUT2D eigenvalue weighted by Crippen LogP contribution is -2.50. The quantitative estimate of drug-likeness (QED) is 0.277. The first-order valence-electron chi connectivity index (χ1n) is 15.5. The van der Waals surface area contributed by atoms with E-state index in [9.17, 15) is 24.3 Å². The summed E-state index contributed by atoms with van der Waals surface area (Å²) < 4.78 is 6.15. The number of para-hydroxylation sites is 1. The van der Waals surface area contributed by atoms with Crippen LogP contribution in [-0.4, -0.2) is 124 Å². The second-order valence-corrected chi connectivity index (χ2v) is 12.5. The van der Waals surface area contributed by atoms with Gasteiger partial charge in [0.15, 0.2) is 6.10 Å². The molecule has 0 aromatic heterocycles. The molecule has 0 unspecified atom stereocenters. The van der Waals surface area contributed by atoms with Gasteiger partial charge in [-0.05, 0) is 70.2 Å². The number of anilines is 1. The Morgan fingerprint density at radius 1 is 1.06 bits per heavy atom. The van der Waals surface area contributed by atoms with E-state index in [1.165, 1.54) is 11.0 Å². The lowest BCUT2D eigenvalue weighted by molar-refractivity contribution is -0.138. The van der Waals surface area contributed by atoms with Gasteiger partial charge in [-0.1, -0.05) is 24.3 Å². The van der Waals surface area contributed by atoms with E-state index < -0.39 is 24.1 Å². The molecule has 13 nitrogen and oxygen atoms in total. The summed E-state index contributed by atoms with van der Waals surface area (Å²) in [5, 5.41) is 21.9. The van der Waals surface area contributed by atoms with Crippen LogP contribution in [0.3, 0.4) is 0 Å². The molecule has 0 bridgehead atoms. The molecule has 0 spiro atoms. The topological polar surface area (TPSA) is 155 Å².